The summed E-state index contributed by atoms with van der Waals surface area (Å²) in [7, 11) is 0. The molecule has 2 aromatic carbocycles. The van der Waals surface area contributed by atoms with Gasteiger partial charge in [-0.1, -0.05) is 39.8 Å². The van der Waals surface area contributed by atoms with Crippen LogP contribution in [0.2, 0.25) is 0 Å². The third-order valence-corrected chi connectivity index (χ3v) is 6.01. The second-order valence-electron chi connectivity index (χ2n) is 7.78. The molecule has 2 rings (SSSR count). The van der Waals surface area contributed by atoms with Gasteiger partial charge in [0, 0.05) is 46.4 Å². The van der Waals surface area contributed by atoms with Crippen molar-refractivity contribution in [1.82, 2.24) is 0 Å². The number of ether oxygens (including phenoxy) is 1. The third kappa shape index (κ3) is 3.89. The molecule has 0 fully saturated rings. The molecule has 27 heavy (non-hydrogen) atoms. The first-order valence-electron chi connectivity index (χ1n) is 9.62. The normalized spacial score (nSPS) is 15.8. The SMILES string of the molecule is CCC(C)(CN)c1c(N)cccc1Oc1cccc(N)c1C(C)(CC)CN. The maximum atomic E-state index is 6.43. The molecule has 0 aromatic heterocycles. The molecule has 0 amide bonds. The fourth-order valence-electron chi connectivity index (χ4n) is 3.52. The van der Waals surface area contributed by atoms with Crippen LogP contribution >= 0.6 is 0 Å². The van der Waals surface area contributed by atoms with Gasteiger partial charge in [0.1, 0.15) is 11.5 Å². The maximum absolute atomic E-state index is 6.43. The van der Waals surface area contributed by atoms with E-state index in [9.17, 15) is 0 Å². The monoisotopic (exact) mass is 370 g/mol. The summed E-state index contributed by atoms with van der Waals surface area (Å²) in [5.74, 6) is 1.43. The van der Waals surface area contributed by atoms with Crippen LogP contribution in [0.25, 0.3) is 0 Å². The Morgan fingerprint density at radius 2 is 1.11 bits per heavy atom. The van der Waals surface area contributed by atoms with E-state index in [1.54, 1.807) is 0 Å². The molecular formula is C22H34N4O. The first-order valence-corrected chi connectivity index (χ1v) is 9.62. The number of nitrogen functional groups attached to an aromatic ring is 2. The quantitative estimate of drug-likeness (QED) is 0.526. The van der Waals surface area contributed by atoms with Crippen LogP contribution < -0.4 is 27.7 Å². The largest absolute Gasteiger partial charge is 0.457 e. The van der Waals surface area contributed by atoms with E-state index in [1.807, 2.05) is 36.4 Å². The van der Waals surface area contributed by atoms with E-state index in [4.69, 9.17) is 27.7 Å². The van der Waals surface area contributed by atoms with Crippen LogP contribution in [-0.2, 0) is 10.8 Å². The number of benzene rings is 2. The predicted molar refractivity (Wildman–Crippen MR) is 115 cm³/mol. The number of hydrogen-bond donors (Lipinski definition) is 4. The number of hydrogen-bond acceptors (Lipinski definition) is 5. The second-order valence-corrected chi connectivity index (χ2v) is 7.78. The lowest BCUT2D eigenvalue weighted by Crippen LogP contribution is -2.33. The topological polar surface area (TPSA) is 113 Å². The molecule has 0 radical (unpaired) electrons. The average molecular weight is 371 g/mol. The standard InChI is InChI=1S/C22H34N4O/c1-5-21(3,13-23)19-15(25)9-7-11-17(19)27-18-12-8-10-16(26)20(18)22(4,6-2)14-24/h7-12H,5-6,13-14,23-26H2,1-4H3. The lowest BCUT2D eigenvalue weighted by Gasteiger charge is -2.33. The molecule has 0 bridgehead atoms. The summed E-state index contributed by atoms with van der Waals surface area (Å²) in [5.41, 5.74) is 27.6. The van der Waals surface area contributed by atoms with Crippen molar-refractivity contribution in [3.8, 4) is 11.5 Å². The Balaban J connectivity index is 2.64. The van der Waals surface area contributed by atoms with Crippen molar-refractivity contribution in [2.45, 2.75) is 51.4 Å². The third-order valence-electron chi connectivity index (χ3n) is 6.01. The van der Waals surface area contributed by atoms with E-state index >= 15 is 0 Å². The van der Waals surface area contributed by atoms with E-state index in [2.05, 4.69) is 27.7 Å². The highest BCUT2D eigenvalue weighted by Gasteiger charge is 2.32. The van der Waals surface area contributed by atoms with E-state index in [-0.39, 0.29) is 10.8 Å². The molecule has 0 spiro atoms. The van der Waals surface area contributed by atoms with Crippen LogP contribution in [0.5, 0.6) is 11.5 Å². The van der Waals surface area contributed by atoms with Crippen LogP contribution in [0.15, 0.2) is 36.4 Å². The van der Waals surface area contributed by atoms with Gasteiger partial charge >= 0.3 is 0 Å². The van der Waals surface area contributed by atoms with Gasteiger partial charge in [-0.25, -0.2) is 0 Å². The summed E-state index contributed by atoms with van der Waals surface area (Å²) >= 11 is 0. The van der Waals surface area contributed by atoms with Gasteiger partial charge < -0.3 is 27.7 Å². The highest BCUT2D eigenvalue weighted by atomic mass is 16.5. The zero-order valence-corrected chi connectivity index (χ0v) is 17.0. The molecule has 8 N–H and O–H groups in total. The van der Waals surface area contributed by atoms with Gasteiger partial charge in [-0.2, -0.15) is 0 Å². The Kier molecular flexibility index (Phi) is 6.39. The molecule has 2 unspecified atom stereocenters. The van der Waals surface area contributed by atoms with Gasteiger partial charge in [-0.15, -0.1) is 0 Å². The first-order chi connectivity index (χ1) is 12.8. The number of rotatable bonds is 8. The molecule has 0 aliphatic heterocycles. The molecule has 0 saturated carbocycles. The Labute approximate surface area is 163 Å². The molecule has 0 saturated heterocycles. The summed E-state index contributed by atoms with van der Waals surface area (Å²) in [6.07, 6.45) is 1.71. The Morgan fingerprint density at radius 1 is 0.741 bits per heavy atom. The predicted octanol–water partition coefficient (Wildman–Crippen LogP) is 3.90. The van der Waals surface area contributed by atoms with Crippen LogP contribution in [0.3, 0.4) is 0 Å². The fraction of sp³-hybridized carbons (Fsp3) is 0.455. The Hall–Kier alpha value is -2.24. The van der Waals surface area contributed by atoms with Crippen LogP contribution in [0.4, 0.5) is 11.4 Å². The minimum atomic E-state index is -0.275. The van der Waals surface area contributed by atoms with Crippen LogP contribution in [0.1, 0.15) is 51.7 Å². The highest BCUT2D eigenvalue weighted by Crippen LogP contribution is 2.44. The first kappa shape index (κ1) is 21.1. The van der Waals surface area contributed by atoms with Crippen molar-refractivity contribution in [1.29, 1.82) is 0 Å². The fourth-order valence-corrected chi connectivity index (χ4v) is 3.52. The van der Waals surface area contributed by atoms with Crippen molar-refractivity contribution in [2.75, 3.05) is 24.6 Å². The molecule has 0 heterocycles. The van der Waals surface area contributed by atoms with E-state index in [1.165, 1.54) is 0 Å². The van der Waals surface area contributed by atoms with E-state index in [0.717, 1.165) is 24.0 Å². The second kappa shape index (κ2) is 8.19. The Bertz CT molecular complexity index is 714. The molecule has 2 aromatic rings. The zero-order chi connectivity index (χ0) is 20.2. The van der Waals surface area contributed by atoms with Crippen molar-refractivity contribution in [3.63, 3.8) is 0 Å². The van der Waals surface area contributed by atoms with Gasteiger partial charge in [0.25, 0.3) is 0 Å². The van der Waals surface area contributed by atoms with Crippen molar-refractivity contribution in [2.24, 2.45) is 11.5 Å². The summed E-state index contributed by atoms with van der Waals surface area (Å²) in [5, 5.41) is 0. The van der Waals surface area contributed by atoms with Crippen molar-refractivity contribution in [3.05, 3.63) is 47.5 Å². The summed E-state index contributed by atoms with van der Waals surface area (Å²) in [6.45, 7) is 9.40. The lowest BCUT2D eigenvalue weighted by molar-refractivity contribution is 0.400. The molecule has 2 atom stereocenters. The molecule has 5 nitrogen and oxygen atoms in total. The molecular weight excluding hydrogens is 336 g/mol. The zero-order valence-electron chi connectivity index (χ0n) is 17.0. The summed E-state index contributed by atoms with van der Waals surface area (Å²) in [6, 6.07) is 11.5. The maximum Gasteiger partial charge on any atom is 0.133 e. The molecule has 5 heteroatoms. The van der Waals surface area contributed by atoms with Gasteiger partial charge in [0.2, 0.25) is 0 Å². The molecule has 148 valence electrons. The van der Waals surface area contributed by atoms with Crippen LogP contribution in [0, 0.1) is 0 Å². The number of nitrogens with two attached hydrogens (primary N) is 4. The minimum absolute atomic E-state index is 0.275. The van der Waals surface area contributed by atoms with Gasteiger partial charge in [-0.3, -0.25) is 0 Å². The van der Waals surface area contributed by atoms with Gasteiger partial charge in [0.15, 0.2) is 0 Å². The number of anilines is 2. The summed E-state index contributed by atoms with van der Waals surface area (Å²) in [4.78, 5) is 0. The smallest absolute Gasteiger partial charge is 0.133 e. The van der Waals surface area contributed by atoms with Crippen molar-refractivity contribution >= 4 is 11.4 Å². The van der Waals surface area contributed by atoms with Gasteiger partial charge in [-0.05, 0) is 37.1 Å². The molecule has 0 aliphatic rings. The average Bonchev–Trinajstić information content (AvgIpc) is 2.67. The van der Waals surface area contributed by atoms with E-state index < -0.39 is 0 Å². The lowest BCUT2D eigenvalue weighted by atomic mass is 9.78. The van der Waals surface area contributed by atoms with Crippen molar-refractivity contribution < 1.29 is 4.74 Å². The van der Waals surface area contributed by atoms with Crippen LogP contribution in [-0.4, -0.2) is 13.1 Å². The molecule has 0 aliphatic carbocycles. The highest BCUT2D eigenvalue weighted by molar-refractivity contribution is 5.62. The Morgan fingerprint density at radius 3 is 1.41 bits per heavy atom. The van der Waals surface area contributed by atoms with Gasteiger partial charge in [0.05, 0.1) is 0 Å². The van der Waals surface area contributed by atoms with E-state index in [0.29, 0.717) is 36.0 Å². The summed E-state index contributed by atoms with van der Waals surface area (Å²) < 4.78 is 6.43. The minimum Gasteiger partial charge on any atom is -0.457 e.